The van der Waals surface area contributed by atoms with E-state index in [0.29, 0.717) is 10.9 Å². The van der Waals surface area contributed by atoms with Crippen LogP contribution in [-0.4, -0.2) is 28.6 Å². The molecule has 0 aliphatic heterocycles. The van der Waals surface area contributed by atoms with Gasteiger partial charge in [0, 0.05) is 23.6 Å². The summed E-state index contributed by atoms with van der Waals surface area (Å²) < 4.78 is 0. The third-order valence-electron chi connectivity index (χ3n) is 3.81. The van der Waals surface area contributed by atoms with Gasteiger partial charge in [-0.1, -0.05) is 32.4 Å². The first-order valence-corrected chi connectivity index (χ1v) is 7.11. The Hall–Kier alpha value is -2.14. The lowest BCUT2D eigenvalue weighted by atomic mass is 10.0. The number of nitrogens with one attached hydrogen (secondary N) is 2. The van der Waals surface area contributed by atoms with E-state index in [0.717, 1.165) is 6.42 Å². The second kappa shape index (κ2) is 6.54. The van der Waals surface area contributed by atoms with Crippen molar-refractivity contribution in [1.29, 1.82) is 0 Å². The van der Waals surface area contributed by atoms with E-state index < -0.39 is 12.0 Å². The molecule has 0 aliphatic carbocycles. The number of fused-ring (bicyclic) bond motifs is 1. The molecule has 0 spiro atoms. The number of amides is 1. The molecular weight excluding hydrogens is 268 g/mol. The number of hydrogen-bond donors (Lipinski definition) is 3. The van der Waals surface area contributed by atoms with Crippen LogP contribution in [-0.2, 0) is 0 Å². The zero-order chi connectivity index (χ0) is 15.4. The summed E-state index contributed by atoms with van der Waals surface area (Å²) in [5.74, 6) is -0.371. The zero-order valence-corrected chi connectivity index (χ0v) is 12.2. The van der Waals surface area contributed by atoms with Crippen molar-refractivity contribution < 1.29 is 9.90 Å². The number of carbonyl (C=O) groups is 1. The number of carbonyl (C=O) groups excluding carboxylic acids is 1. The minimum atomic E-state index is -0.613. The summed E-state index contributed by atoms with van der Waals surface area (Å²) in [5, 5.41) is 12.9. The minimum Gasteiger partial charge on any atom is -0.391 e. The van der Waals surface area contributed by atoms with E-state index in [1.165, 1.54) is 6.20 Å². The summed E-state index contributed by atoms with van der Waals surface area (Å²) >= 11 is 0. The van der Waals surface area contributed by atoms with Crippen LogP contribution in [0.4, 0.5) is 0 Å². The molecule has 21 heavy (non-hydrogen) atoms. The molecule has 5 heteroatoms. The maximum absolute atomic E-state index is 12.3. The highest BCUT2D eigenvalue weighted by molar-refractivity contribution is 5.97. The van der Waals surface area contributed by atoms with Gasteiger partial charge in [-0.15, -0.1) is 0 Å². The molecule has 0 fully saturated rings. The second-order valence-corrected chi connectivity index (χ2v) is 5.24. The van der Waals surface area contributed by atoms with E-state index in [1.54, 1.807) is 18.2 Å². The standard InChI is InChI=1S/C16H20N2O3/c1-3-10(2)14(19)9-18-16(21)12-8-17-13-7-5-4-6-11(13)15(12)20/h4-8,10,14,19H,3,9H2,1-2H3,(H,17,20)(H,18,21). The Balaban J connectivity index is 2.17. The number of aliphatic hydroxyl groups is 1. The van der Waals surface area contributed by atoms with Gasteiger partial charge in [-0.05, 0) is 18.1 Å². The van der Waals surface area contributed by atoms with Crippen LogP contribution in [0.1, 0.15) is 30.6 Å². The summed E-state index contributed by atoms with van der Waals surface area (Å²) in [5.41, 5.74) is 0.448. The second-order valence-electron chi connectivity index (χ2n) is 5.24. The van der Waals surface area contributed by atoms with Crippen LogP contribution in [0.3, 0.4) is 0 Å². The molecule has 1 aromatic heterocycles. The van der Waals surface area contributed by atoms with Crippen molar-refractivity contribution in [2.45, 2.75) is 26.4 Å². The minimum absolute atomic E-state index is 0.0602. The van der Waals surface area contributed by atoms with Crippen LogP contribution in [0.2, 0.25) is 0 Å². The van der Waals surface area contributed by atoms with E-state index in [2.05, 4.69) is 10.3 Å². The Kier molecular flexibility index (Phi) is 4.75. The third kappa shape index (κ3) is 3.31. The maximum atomic E-state index is 12.3. The fourth-order valence-corrected chi connectivity index (χ4v) is 2.10. The first kappa shape index (κ1) is 15.3. The van der Waals surface area contributed by atoms with E-state index in [9.17, 15) is 14.7 Å². The number of aromatic nitrogens is 1. The molecular formula is C16H20N2O3. The monoisotopic (exact) mass is 288 g/mol. The highest BCUT2D eigenvalue weighted by atomic mass is 16.3. The van der Waals surface area contributed by atoms with Gasteiger partial charge in [0.2, 0.25) is 5.43 Å². The molecule has 2 unspecified atom stereocenters. The number of aliphatic hydroxyl groups excluding tert-OH is 1. The van der Waals surface area contributed by atoms with Gasteiger partial charge < -0.3 is 15.4 Å². The largest absolute Gasteiger partial charge is 0.391 e. The van der Waals surface area contributed by atoms with Gasteiger partial charge in [0.15, 0.2) is 0 Å². The molecule has 2 aromatic rings. The fraction of sp³-hybridized carbons (Fsp3) is 0.375. The van der Waals surface area contributed by atoms with Gasteiger partial charge in [0.05, 0.1) is 6.10 Å². The molecule has 1 amide bonds. The lowest BCUT2D eigenvalue weighted by molar-refractivity contribution is 0.0849. The van der Waals surface area contributed by atoms with Crippen LogP contribution < -0.4 is 10.7 Å². The van der Waals surface area contributed by atoms with E-state index in [1.807, 2.05) is 19.9 Å². The Morgan fingerprint density at radius 1 is 1.38 bits per heavy atom. The number of benzene rings is 1. The maximum Gasteiger partial charge on any atom is 0.256 e. The molecule has 3 N–H and O–H groups in total. The summed E-state index contributed by atoms with van der Waals surface area (Å²) in [6, 6.07) is 7.04. The number of rotatable bonds is 5. The first-order valence-electron chi connectivity index (χ1n) is 7.11. The molecule has 0 aliphatic rings. The van der Waals surface area contributed by atoms with Gasteiger partial charge in [0.1, 0.15) is 5.56 Å². The molecule has 5 nitrogen and oxygen atoms in total. The van der Waals surface area contributed by atoms with Crippen molar-refractivity contribution in [3.05, 3.63) is 46.2 Å². The smallest absolute Gasteiger partial charge is 0.256 e. The van der Waals surface area contributed by atoms with Crippen LogP contribution in [0.15, 0.2) is 35.3 Å². The van der Waals surface area contributed by atoms with Crippen molar-refractivity contribution in [2.75, 3.05) is 6.54 Å². The predicted molar refractivity (Wildman–Crippen MR) is 82.4 cm³/mol. The van der Waals surface area contributed by atoms with Crippen LogP contribution >= 0.6 is 0 Å². The van der Waals surface area contributed by atoms with Crippen LogP contribution in [0.25, 0.3) is 10.9 Å². The molecule has 2 atom stereocenters. The normalized spacial score (nSPS) is 13.9. The Morgan fingerprint density at radius 2 is 2.10 bits per heavy atom. The van der Waals surface area contributed by atoms with E-state index >= 15 is 0 Å². The molecule has 112 valence electrons. The van der Waals surface area contributed by atoms with Crippen molar-refractivity contribution in [3.8, 4) is 0 Å². The zero-order valence-electron chi connectivity index (χ0n) is 12.2. The first-order chi connectivity index (χ1) is 10.0. The number of para-hydroxylation sites is 1. The third-order valence-corrected chi connectivity index (χ3v) is 3.81. The quantitative estimate of drug-likeness (QED) is 0.782. The highest BCUT2D eigenvalue weighted by Crippen LogP contribution is 2.08. The van der Waals surface area contributed by atoms with E-state index in [-0.39, 0.29) is 23.5 Å². The average Bonchev–Trinajstić information content (AvgIpc) is 2.52. The lowest BCUT2D eigenvalue weighted by Gasteiger charge is -2.17. The average molecular weight is 288 g/mol. The number of pyridine rings is 1. The fourth-order valence-electron chi connectivity index (χ4n) is 2.10. The number of hydrogen-bond acceptors (Lipinski definition) is 3. The summed E-state index contributed by atoms with van der Waals surface area (Å²) in [7, 11) is 0. The van der Waals surface area contributed by atoms with E-state index in [4.69, 9.17) is 0 Å². The van der Waals surface area contributed by atoms with Gasteiger partial charge >= 0.3 is 0 Å². The predicted octanol–water partition coefficient (Wildman–Crippen LogP) is 1.66. The SMILES string of the molecule is CCC(C)C(O)CNC(=O)c1c[nH]c2ccccc2c1=O. The van der Waals surface area contributed by atoms with Gasteiger partial charge in [-0.2, -0.15) is 0 Å². The lowest BCUT2D eigenvalue weighted by Crippen LogP contribution is -2.37. The molecule has 0 saturated heterocycles. The van der Waals surface area contributed by atoms with Crippen molar-refractivity contribution in [2.24, 2.45) is 5.92 Å². The van der Waals surface area contributed by atoms with Crippen LogP contribution in [0.5, 0.6) is 0 Å². The summed E-state index contributed by atoms with van der Waals surface area (Å²) in [6.45, 7) is 4.03. The molecule has 0 bridgehead atoms. The van der Waals surface area contributed by atoms with Gasteiger partial charge in [-0.3, -0.25) is 9.59 Å². The van der Waals surface area contributed by atoms with Crippen LogP contribution in [0, 0.1) is 5.92 Å². The Morgan fingerprint density at radius 3 is 2.81 bits per heavy atom. The molecule has 0 radical (unpaired) electrons. The number of H-pyrrole nitrogens is 1. The van der Waals surface area contributed by atoms with Crippen molar-refractivity contribution in [3.63, 3.8) is 0 Å². The summed E-state index contributed by atoms with van der Waals surface area (Å²) in [4.78, 5) is 27.3. The Labute approximate surface area is 123 Å². The molecule has 2 rings (SSSR count). The summed E-state index contributed by atoms with van der Waals surface area (Å²) in [6.07, 6.45) is 1.63. The van der Waals surface area contributed by atoms with Crippen molar-refractivity contribution in [1.82, 2.24) is 10.3 Å². The Bertz CT molecular complexity index is 693. The molecule has 0 saturated carbocycles. The van der Waals surface area contributed by atoms with Gasteiger partial charge in [-0.25, -0.2) is 0 Å². The number of aromatic amines is 1. The van der Waals surface area contributed by atoms with Gasteiger partial charge in [0.25, 0.3) is 5.91 Å². The topological polar surface area (TPSA) is 82.2 Å². The molecule has 1 heterocycles. The molecule has 1 aromatic carbocycles. The highest BCUT2D eigenvalue weighted by Gasteiger charge is 2.16. The van der Waals surface area contributed by atoms with Crippen molar-refractivity contribution >= 4 is 16.8 Å².